The van der Waals surface area contributed by atoms with Gasteiger partial charge in [0.2, 0.25) is 0 Å². The Morgan fingerprint density at radius 1 is 1.26 bits per heavy atom. The van der Waals surface area contributed by atoms with Gasteiger partial charge in [-0.1, -0.05) is 6.07 Å². The van der Waals surface area contributed by atoms with Crippen molar-refractivity contribution >= 4 is 16.7 Å². The van der Waals surface area contributed by atoms with Crippen molar-refractivity contribution in [3.63, 3.8) is 0 Å². The number of halogens is 4. The van der Waals surface area contributed by atoms with Crippen LogP contribution in [0.25, 0.3) is 22.3 Å². The van der Waals surface area contributed by atoms with E-state index in [9.17, 15) is 22.8 Å². The van der Waals surface area contributed by atoms with E-state index in [0.717, 1.165) is 23.6 Å². The summed E-state index contributed by atoms with van der Waals surface area (Å²) in [6.07, 6.45) is 2.61. The molecule has 0 aliphatic carbocycles. The fourth-order valence-corrected chi connectivity index (χ4v) is 4.49. The fourth-order valence-electron chi connectivity index (χ4n) is 4.49. The van der Waals surface area contributed by atoms with Crippen molar-refractivity contribution in [2.45, 2.75) is 37.7 Å². The summed E-state index contributed by atoms with van der Waals surface area (Å²) in [7, 11) is 0. The van der Waals surface area contributed by atoms with Gasteiger partial charge >= 0.3 is 6.18 Å². The number of nitriles is 1. The fraction of sp³-hybridized carbons (Fsp3) is 0.360. The number of ether oxygens (including phenoxy) is 1. The lowest BCUT2D eigenvalue weighted by molar-refractivity contribution is -0.155. The topological polar surface area (TPSA) is 108 Å². The maximum atomic E-state index is 14.9. The van der Waals surface area contributed by atoms with Crippen LogP contribution in [-0.4, -0.2) is 56.8 Å². The van der Waals surface area contributed by atoms with Crippen LogP contribution in [0.15, 0.2) is 49.2 Å². The molecule has 198 valence electrons. The lowest BCUT2D eigenvalue weighted by Crippen LogP contribution is -2.63. The minimum atomic E-state index is -4.36. The average molecular weight is 529 g/mol. The standard InChI is InChI=1S/C25H24F4N8O/c1-16(25(27,28)29)34-15-38-11-17-2-3-21(20(26)8-17)36-12-24(13-36,5-6-30)37-10-18(9-35-37)22-19-4-7-31-23(19)33-14-32-22/h2-4,7-10,14,16,34H,5,11-13,15H2,1H3,(H,31,32,33)/t16-/m1/s1. The van der Waals surface area contributed by atoms with Crippen LogP contribution in [0.4, 0.5) is 23.2 Å². The van der Waals surface area contributed by atoms with E-state index in [0.29, 0.717) is 30.0 Å². The summed E-state index contributed by atoms with van der Waals surface area (Å²) >= 11 is 0. The number of nitrogens with zero attached hydrogens (tertiary/aromatic N) is 6. The highest BCUT2D eigenvalue weighted by atomic mass is 19.4. The summed E-state index contributed by atoms with van der Waals surface area (Å²) in [5, 5.41) is 17.1. The van der Waals surface area contributed by atoms with E-state index in [4.69, 9.17) is 4.74 Å². The van der Waals surface area contributed by atoms with Crippen molar-refractivity contribution in [3.05, 3.63) is 60.6 Å². The molecule has 1 aliphatic rings. The molecule has 0 amide bonds. The summed E-state index contributed by atoms with van der Waals surface area (Å²) in [4.78, 5) is 13.5. The Balaban J connectivity index is 1.24. The Bertz CT molecular complexity index is 1470. The molecule has 9 nitrogen and oxygen atoms in total. The number of rotatable bonds is 9. The lowest BCUT2D eigenvalue weighted by Gasteiger charge is -2.50. The van der Waals surface area contributed by atoms with Crippen molar-refractivity contribution < 1.29 is 22.3 Å². The van der Waals surface area contributed by atoms with Crippen molar-refractivity contribution in [1.29, 1.82) is 5.26 Å². The summed E-state index contributed by atoms with van der Waals surface area (Å²) in [5.74, 6) is -0.481. The predicted molar refractivity (Wildman–Crippen MR) is 130 cm³/mol. The minimum absolute atomic E-state index is 0.0410. The number of aromatic nitrogens is 5. The van der Waals surface area contributed by atoms with Gasteiger partial charge in [0.05, 0.1) is 43.4 Å². The summed E-state index contributed by atoms with van der Waals surface area (Å²) in [6.45, 7) is 1.39. The molecule has 1 fully saturated rings. The van der Waals surface area contributed by atoms with E-state index in [1.807, 2.05) is 17.2 Å². The largest absolute Gasteiger partial charge is 0.403 e. The molecule has 4 heterocycles. The number of hydrogen-bond acceptors (Lipinski definition) is 7. The smallest absolute Gasteiger partial charge is 0.364 e. The van der Waals surface area contributed by atoms with Crippen LogP contribution < -0.4 is 10.2 Å². The first-order valence-electron chi connectivity index (χ1n) is 11.8. The number of alkyl halides is 3. The molecule has 1 saturated heterocycles. The number of benzene rings is 1. The van der Waals surface area contributed by atoms with Crippen LogP contribution >= 0.6 is 0 Å². The van der Waals surface area contributed by atoms with Gasteiger partial charge in [0.1, 0.15) is 29.4 Å². The highest BCUT2D eigenvalue weighted by Gasteiger charge is 2.46. The molecule has 1 atom stereocenters. The van der Waals surface area contributed by atoms with Gasteiger partial charge in [0, 0.05) is 36.4 Å². The highest BCUT2D eigenvalue weighted by Crippen LogP contribution is 2.38. The second kappa shape index (κ2) is 10.0. The van der Waals surface area contributed by atoms with E-state index in [-0.39, 0.29) is 19.8 Å². The SMILES string of the molecule is C[C@@H](NCOCc1ccc(N2CC(CC#N)(n3cc(-c4ncnc5[nH]ccc45)cn3)C2)c(F)c1)C(F)(F)F. The number of H-pyrrole nitrogens is 1. The van der Waals surface area contributed by atoms with Crippen LogP contribution in [0.3, 0.4) is 0 Å². The summed E-state index contributed by atoms with van der Waals surface area (Å²) in [5.41, 5.74) is 2.44. The van der Waals surface area contributed by atoms with Crippen LogP contribution in [0, 0.1) is 17.1 Å². The molecule has 4 aromatic rings. The molecule has 13 heteroatoms. The maximum absolute atomic E-state index is 14.9. The summed E-state index contributed by atoms with van der Waals surface area (Å²) < 4.78 is 59.5. The molecule has 1 aliphatic heterocycles. The zero-order valence-electron chi connectivity index (χ0n) is 20.3. The number of nitrogens with one attached hydrogen (secondary N) is 2. The van der Waals surface area contributed by atoms with E-state index in [1.165, 1.54) is 12.4 Å². The first-order chi connectivity index (χ1) is 18.2. The maximum Gasteiger partial charge on any atom is 0.403 e. The van der Waals surface area contributed by atoms with Crippen molar-refractivity contribution in [3.8, 4) is 17.3 Å². The average Bonchev–Trinajstić information content (AvgIpc) is 3.54. The molecule has 0 spiro atoms. The molecule has 38 heavy (non-hydrogen) atoms. The van der Waals surface area contributed by atoms with Crippen LogP contribution in [0.2, 0.25) is 0 Å². The highest BCUT2D eigenvalue weighted by molar-refractivity contribution is 5.90. The summed E-state index contributed by atoms with van der Waals surface area (Å²) in [6, 6.07) is 6.97. The van der Waals surface area contributed by atoms with Crippen LogP contribution in [0.1, 0.15) is 18.9 Å². The Hall–Kier alpha value is -4.02. The quantitative estimate of drug-likeness (QED) is 0.191. The van der Waals surface area contributed by atoms with Crippen molar-refractivity contribution in [2.75, 3.05) is 24.7 Å². The lowest BCUT2D eigenvalue weighted by atomic mass is 9.86. The zero-order chi connectivity index (χ0) is 26.9. The zero-order valence-corrected chi connectivity index (χ0v) is 20.3. The number of aromatic amines is 1. The second-order valence-electron chi connectivity index (χ2n) is 9.30. The van der Waals surface area contributed by atoms with E-state index in [2.05, 4.69) is 31.4 Å². The van der Waals surface area contributed by atoms with Gasteiger partial charge < -0.3 is 14.6 Å². The van der Waals surface area contributed by atoms with Crippen molar-refractivity contribution in [2.24, 2.45) is 0 Å². The minimum Gasteiger partial charge on any atom is -0.364 e. The normalized spacial score (nSPS) is 15.8. The van der Waals surface area contributed by atoms with Gasteiger partial charge in [-0.05, 0) is 30.7 Å². The molecule has 0 unspecified atom stereocenters. The molecule has 0 radical (unpaired) electrons. The second-order valence-corrected chi connectivity index (χ2v) is 9.30. The number of anilines is 1. The van der Waals surface area contributed by atoms with E-state index < -0.39 is 23.6 Å². The number of fused-ring (bicyclic) bond motifs is 1. The third-order valence-electron chi connectivity index (χ3n) is 6.68. The van der Waals surface area contributed by atoms with Crippen LogP contribution in [0.5, 0.6) is 0 Å². The molecule has 3 aromatic heterocycles. The Morgan fingerprint density at radius 2 is 2.08 bits per heavy atom. The van der Waals surface area contributed by atoms with Gasteiger partial charge in [-0.3, -0.25) is 10.00 Å². The molecule has 0 bridgehead atoms. The molecular formula is C25H24F4N8O. The first-order valence-corrected chi connectivity index (χ1v) is 11.8. The third-order valence-corrected chi connectivity index (χ3v) is 6.68. The van der Waals surface area contributed by atoms with Gasteiger partial charge in [-0.15, -0.1) is 0 Å². The van der Waals surface area contributed by atoms with Gasteiger partial charge in [0.15, 0.2) is 0 Å². The molecule has 2 N–H and O–H groups in total. The predicted octanol–water partition coefficient (Wildman–Crippen LogP) is 4.10. The Kier molecular flexibility index (Phi) is 6.77. The Labute approximate surface area is 215 Å². The first kappa shape index (κ1) is 25.6. The third kappa shape index (κ3) is 4.92. The van der Waals surface area contributed by atoms with Gasteiger partial charge in [-0.2, -0.15) is 23.5 Å². The van der Waals surface area contributed by atoms with Gasteiger partial charge in [-0.25, -0.2) is 14.4 Å². The van der Waals surface area contributed by atoms with Gasteiger partial charge in [0.25, 0.3) is 0 Å². The molecule has 1 aromatic carbocycles. The van der Waals surface area contributed by atoms with Crippen LogP contribution in [-0.2, 0) is 16.9 Å². The van der Waals surface area contributed by atoms with E-state index >= 15 is 0 Å². The monoisotopic (exact) mass is 528 g/mol. The molecule has 5 rings (SSSR count). The van der Waals surface area contributed by atoms with E-state index in [1.54, 1.807) is 29.2 Å². The number of hydrogen-bond donors (Lipinski definition) is 2. The molecule has 0 saturated carbocycles. The Morgan fingerprint density at radius 3 is 2.82 bits per heavy atom. The molecular weight excluding hydrogens is 504 g/mol. The van der Waals surface area contributed by atoms with Crippen molar-refractivity contribution in [1.82, 2.24) is 30.0 Å².